The summed E-state index contributed by atoms with van der Waals surface area (Å²) in [4.78, 5) is 0. The summed E-state index contributed by atoms with van der Waals surface area (Å²) in [6.45, 7) is 5.69. The molecule has 21 heavy (non-hydrogen) atoms. The number of benzene rings is 1. The summed E-state index contributed by atoms with van der Waals surface area (Å²) in [5, 5.41) is 3.75. The predicted octanol–water partition coefficient (Wildman–Crippen LogP) is 6.26. The third-order valence-electron chi connectivity index (χ3n) is 4.22. The van der Waals surface area contributed by atoms with Crippen molar-refractivity contribution in [3.05, 3.63) is 35.9 Å². The monoisotopic (exact) mass is 289 g/mol. The Balaban J connectivity index is 2.26. The smallest absolute Gasteiger partial charge is 0.0320 e. The Labute approximate surface area is 132 Å². The second-order valence-corrected chi connectivity index (χ2v) is 6.18. The summed E-state index contributed by atoms with van der Waals surface area (Å²) in [6.07, 6.45) is 13.6. The largest absolute Gasteiger partial charge is 0.310 e. The molecule has 120 valence electrons. The molecule has 1 unspecified atom stereocenters. The maximum absolute atomic E-state index is 3.75. The molecule has 1 atom stereocenters. The van der Waals surface area contributed by atoms with Crippen molar-refractivity contribution in [2.24, 2.45) is 0 Å². The summed E-state index contributed by atoms with van der Waals surface area (Å²) in [5.41, 5.74) is 1.46. The molecule has 0 aliphatic rings. The second-order valence-electron chi connectivity index (χ2n) is 6.18. The summed E-state index contributed by atoms with van der Waals surface area (Å²) >= 11 is 0. The summed E-state index contributed by atoms with van der Waals surface area (Å²) < 4.78 is 0. The Morgan fingerprint density at radius 2 is 1.38 bits per heavy atom. The third kappa shape index (κ3) is 8.93. The molecule has 1 heteroatoms. The maximum atomic E-state index is 3.75. The SMILES string of the molecule is CCCCCCCCCC(NCCCC)c1ccccc1. The van der Waals surface area contributed by atoms with Crippen molar-refractivity contribution in [2.75, 3.05) is 6.54 Å². The van der Waals surface area contributed by atoms with Gasteiger partial charge in [-0.1, -0.05) is 95.5 Å². The maximum Gasteiger partial charge on any atom is 0.0320 e. The van der Waals surface area contributed by atoms with Crippen molar-refractivity contribution in [1.82, 2.24) is 5.32 Å². The van der Waals surface area contributed by atoms with E-state index in [1.165, 1.54) is 69.8 Å². The van der Waals surface area contributed by atoms with Gasteiger partial charge in [0, 0.05) is 6.04 Å². The van der Waals surface area contributed by atoms with E-state index in [9.17, 15) is 0 Å². The third-order valence-corrected chi connectivity index (χ3v) is 4.22. The number of unbranched alkanes of at least 4 members (excludes halogenated alkanes) is 7. The zero-order valence-electron chi connectivity index (χ0n) is 14.2. The molecule has 1 nitrogen and oxygen atoms in total. The zero-order chi connectivity index (χ0) is 15.2. The van der Waals surface area contributed by atoms with Gasteiger partial charge in [0.1, 0.15) is 0 Å². The molecule has 0 aliphatic heterocycles. The molecular formula is C20H35N. The first kappa shape index (κ1) is 18.2. The van der Waals surface area contributed by atoms with Crippen LogP contribution in [0.25, 0.3) is 0 Å². The van der Waals surface area contributed by atoms with Crippen LogP contribution in [-0.2, 0) is 0 Å². The minimum Gasteiger partial charge on any atom is -0.310 e. The number of rotatable bonds is 13. The highest BCUT2D eigenvalue weighted by molar-refractivity contribution is 5.18. The van der Waals surface area contributed by atoms with Crippen molar-refractivity contribution in [3.63, 3.8) is 0 Å². The highest BCUT2D eigenvalue weighted by Gasteiger charge is 2.09. The van der Waals surface area contributed by atoms with Crippen LogP contribution in [0.3, 0.4) is 0 Å². The van der Waals surface area contributed by atoms with Gasteiger partial charge in [0.25, 0.3) is 0 Å². The highest BCUT2D eigenvalue weighted by atomic mass is 14.9. The Kier molecular flexibility index (Phi) is 11.2. The van der Waals surface area contributed by atoms with Crippen LogP contribution in [0.15, 0.2) is 30.3 Å². The Hall–Kier alpha value is -0.820. The fourth-order valence-corrected chi connectivity index (χ4v) is 2.83. The minimum absolute atomic E-state index is 0.549. The molecule has 1 rings (SSSR count). The van der Waals surface area contributed by atoms with Gasteiger partial charge in [-0.3, -0.25) is 0 Å². The normalized spacial score (nSPS) is 12.5. The molecule has 1 aromatic rings. The molecule has 0 aromatic heterocycles. The first-order valence-electron chi connectivity index (χ1n) is 9.16. The topological polar surface area (TPSA) is 12.0 Å². The van der Waals surface area contributed by atoms with Gasteiger partial charge >= 0.3 is 0 Å². The van der Waals surface area contributed by atoms with Crippen molar-refractivity contribution in [3.8, 4) is 0 Å². The molecular weight excluding hydrogens is 254 g/mol. The van der Waals surface area contributed by atoms with E-state index < -0.39 is 0 Å². The van der Waals surface area contributed by atoms with Crippen LogP contribution < -0.4 is 5.32 Å². The Morgan fingerprint density at radius 3 is 2.05 bits per heavy atom. The summed E-state index contributed by atoms with van der Waals surface area (Å²) in [6, 6.07) is 11.5. The molecule has 0 saturated heterocycles. The summed E-state index contributed by atoms with van der Waals surface area (Å²) in [7, 11) is 0. The van der Waals surface area contributed by atoms with Gasteiger partial charge in [0.05, 0.1) is 0 Å². The first-order valence-corrected chi connectivity index (χ1v) is 9.16. The van der Waals surface area contributed by atoms with Gasteiger partial charge in [-0.25, -0.2) is 0 Å². The van der Waals surface area contributed by atoms with Crippen LogP contribution in [0.1, 0.15) is 89.7 Å². The van der Waals surface area contributed by atoms with Crippen LogP contribution in [0, 0.1) is 0 Å². The van der Waals surface area contributed by atoms with Crippen LogP contribution in [0.2, 0.25) is 0 Å². The second kappa shape index (κ2) is 12.9. The lowest BCUT2D eigenvalue weighted by Crippen LogP contribution is -2.22. The van der Waals surface area contributed by atoms with Crippen LogP contribution in [-0.4, -0.2) is 6.54 Å². The zero-order valence-corrected chi connectivity index (χ0v) is 14.2. The Bertz CT molecular complexity index is 320. The van der Waals surface area contributed by atoms with E-state index in [-0.39, 0.29) is 0 Å². The van der Waals surface area contributed by atoms with Crippen LogP contribution >= 0.6 is 0 Å². The standard InChI is InChI=1S/C20H35N/c1-3-5-7-8-9-10-14-17-20(21-18-6-4-2)19-15-12-11-13-16-19/h11-13,15-16,20-21H,3-10,14,17-18H2,1-2H3. The van der Waals surface area contributed by atoms with E-state index in [2.05, 4.69) is 49.5 Å². The van der Waals surface area contributed by atoms with E-state index in [0.29, 0.717) is 6.04 Å². The lowest BCUT2D eigenvalue weighted by molar-refractivity contribution is 0.460. The fourth-order valence-electron chi connectivity index (χ4n) is 2.83. The first-order chi connectivity index (χ1) is 10.4. The molecule has 1 N–H and O–H groups in total. The minimum atomic E-state index is 0.549. The quantitative estimate of drug-likeness (QED) is 0.423. The molecule has 0 spiro atoms. The van der Waals surface area contributed by atoms with Crippen molar-refractivity contribution < 1.29 is 0 Å². The van der Waals surface area contributed by atoms with E-state index in [1.54, 1.807) is 0 Å². The lowest BCUT2D eigenvalue weighted by Gasteiger charge is -2.19. The molecule has 0 fully saturated rings. The molecule has 0 saturated carbocycles. The molecule has 0 amide bonds. The average molecular weight is 290 g/mol. The number of hydrogen-bond donors (Lipinski definition) is 1. The number of nitrogens with one attached hydrogen (secondary N) is 1. The van der Waals surface area contributed by atoms with Gasteiger partial charge in [-0.15, -0.1) is 0 Å². The molecule has 0 radical (unpaired) electrons. The molecule has 0 heterocycles. The highest BCUT2D eigenvalue weighted by Crippen LogP contribution is 2.20. The van der Waals surface area contributed by atoms with Gasteiger partial charge < -0.3 is 5.32 Å². The van der Waals surface area contributed by atoms with Crippen LogP contribution in [0.4, 0.5) is 0 Å². The fraction of sp³-hybridized carbons (Fsp3) is 0.700. The lowest BCUT2D eigenvalue weighted by atomic mass is 9.99. The predicted molar refractivity (Wildman–Crippen MR) is 94.7 cm³/mol. The van der Waals surface area contributed by atoms with Gasteiger partial charge in [-0.2, -0.15) is 0 Å². The van der Waals surface area contributed by atoms with Crippen molar-refractivity contribution in [2.45, 2.75) is 84.1 Å². The Morgan fingerprint density at radius 1 is 0.762 bits per heavy atom. The van der Waals surface area contributed by atoms with E-state index in [4.69, 9.17) is 0 Å². The van der Waals surface area contributed by atoms with Crippen LogP contribution in [0.5, 0.6) is 0 Å². The molecule has 0 bridgehead atoms. The van der Waals surface area contributed by atoms with E-state index >= 15 is 0 Å². The van der Waals surface area contributed by atoms with E-state index in [0.717, 1.165) is 6.54 Å². The molecule has 0 aliphatic carbocycles. The van der Waals surface area contributed by atoms with Gasteiger partial charge in [0.15, 0.2) is 0 Å². The van der Waals surface area contributed by atoms with Gasteiger partial charge in [0.2, 0.25) is 0 Å². The average Bonchev–Trinajstić information content (AvgIpc) is 2.53. The summed E-state index contributed by atoms with van der Waals surface area (Å²) in [5.74, 6) is 0. The van der Waals surface area contributed by atoms with E-state index in [1.807, 2.05) is 0 Å². The molecule has 1 aromatic carbocycles. The number of hydrogen-bond acceptors (Lipinski definition) is 1. The van der Waals surface area contributed by atoms with Crippen molar-refractivity contribution in [1.29, 1.82) is 0 Å². The van der Waals surface area contributed by atoms with Crippen molar-refractivity contribution >= 4 is 0 Å². The van der Waals surface area contributed by atoms with Gasteiger partial charge in [-0.05, 0) is 24.9 Å².